The van der Waals surface area contributed by atoms with E-state index in [0.717, 1.165) is 22.6 Å². The third-order valence-electron chi connectivity index (χ3n) is 4.85. The van der Waals surface area contributed by atoms with Gasteiger partial charge in [-0.2, -0.15) is 5.10 Å². The summed E-state index contributed by atoms with van der Waals surface area (Å²) in [4.78, 5) is 16.5. The first-order chi connectivity index (χ1) is 16.7. The number of benzene rings is 2. The maximum absolute atomic E-state index is 12.5. The van der Waals surface area contributed by atoms with Crippen LogP contribution in [-0.2, 0) is 4.79 Å². The minimum absolute atomic E-state index is 0.136. The first-order valence-corrected chi connectivity index (χ1v) is 11.7. The summed E-state index contributed by atoms with van der Waals surface area (Å²) in [5, 5.41) is 13.6. The van der Waals surface area contributed by atoms with Crippen molar-refractivity contribution >= 4 is 23.4 Å². The van der Waals surface area contributed by atoms with E-state index in [1.54, 1.807) is 12.4 Å². The van der Waals surface area contributed by atoms with Crippen molar-refractivity contribution in [1.82, 2.24) is 25.2 Å². The summed E-state index contributed by atoms with van der Waals surface area (Å²) in [7, 11) is 0. The number of amides is 1. The van der Waals surface area contributed by atoms with E-state index >= 15 is 0 Å². The molecule has 9 heteroatoms. The number of ether oxygens (including phenoxy) is 1. The Bertz CT molecular complexity index is 1260. The van der Waals surface area contributed by atoms with Gasteiger partial charge in [-0.3, -0.25) is 14.3 Å². The molecule has 2 aromatic carbocycles. The van der Waals surface area contributed by atoms with Crippen LogP contribution in [0.4, 0.5) is 0 Å². The van der Waals surface area contributed by atoms with E-state index < -0.39 is 0 Å². The van der Waals surface area contributed by atoms with Gasteiger partial charge >= 0.3 is 0 Å². The van der Waals surface area contributed by atoms with Gasteiger partial charge in [-0.15, -0.1) is 10.2 Å². The van der Waals surface area contributed by atoms with E-state index in [1.165, 1.54) is 11.8 Å². The van der Waals surface area contributed by atoms with E-state index in [1.807, 2.05) is 85.1 Å². The summed E-state index contributed by atoms with van der Waals surface area (Å²) >= 11 is 1.29. The highest BCUT2D eigenvalue weighted by Crippen LogP contribution is 2.28. The van der Waals surface area contributed by atoms with Crippen LogP contribution < -0.4 is 10.2 Å². The highest BCUT2D eigenvalue weighted by atomic mass is 32.2. The average Bonchev–Trinajstić information content (AvgIpc) is 3.31. The van der Waals surface area contributed by atoms with E-state index in [9.17, 15) is 4.79 Å². The molecule has 8 nitrogen and oxygen atoms in total. The number of carbonyl (C=O) groups is 1. The second-order valence-electron chi connectivity index (χ2n) is 7.19. The van der Waals surface area contributed by atoms with Gasteiger partial charge in [0.25, 0.3) is 5.91 Å². The third kappa shape index (κ3) is 5.68. The number of thioether (sulfide) groups is 1. The Labute approximate surface area is 202 Å². The molecule has 2 heterocycles. The van der Waals surface area contributed by atoms with Crippen LogP contribution in [-0.4, -0.2) is 43.7 Å². The lowest BCUT2D eigenvalue weighted by molar-refractivity contribution is -0.118. The Balaban J connectivity index is 1.53. The number of hydrazone groups is 1. The molecule has 1 N–H and O–H groups in total. The number of hydrogen-bond donors (Lipinski definition) is 1. The second-order valence-corrected chi connectivity index (χ2v) is 8.13. The fourth-order valence-electron chi connectivity index (χ4n) is 3.19. The normalized spacial score (nSPS) is 11.3. The molecule has 1 amide bonds. The van der Waals surface area contributed by atoms with Crippen LogP contribution in [0.2, 0.25) is 0 Å². The van der Waals surface area contributed by atoms with Crippen LogP contribution in [0.5, 0.6) is 5.75 Å². The van der Waals surface area contributed by atoms with Gasteiger partial charge in [0.15, 0.2) is 11.0 Å². The van der Waals surface area contributed by atoms with E-state index in [-0.39, 0.29) is 11.7 Å². The lowest BCUT2D eigenvalue weighted by Crippen LogP contribution is -2.21. The average molecular weight is 473 g/mol. The molecular formula is C25H24N6O2S. The number of nitrogens with one attached hydrogen (secondary N) is 1. The fraction of sp³-hybridized carbons (Fsp3) is 0.160. The Morgan fingerprint density at radius 2 is 1.76 bits per heavy atom. The van der Waals surface area contributed by atoms with Crippen molar-refractivity contribution in [3.8, 4) is 22.8 Å². The molecule has 34 heavy (non-hydrogen) atoms. The summed E-state index contributed by atoms with van der Waals surface area (Å²) in [5.41, 5.74) is 6.00. The lowest BCUT2D eigenvalue weighted by atomic mass is 10.2. The van der Waals surface area contributed by atoms with Crippen LogP contribution in [0.1, 0.15) is 19.4 Å². The van der Waals surface area contributed by atoms with Gasteiger partial charge in [-0.25, -0.2) is 5.43 Å². The zero-order chi connectivity index (χ0) is 23.8. The summed E-state index contributed by atoms with van der Waals surface area (Å²) in [6.07, 6.45) is 3.37. The molecule has 0 saturated carbocycles. The van der Waals surface area contributed by atoms with Gasteiger partial charge in [-0.1, -0.05) is 42.1 Å². The Morgan fingerprint density at radius 1 is 1.03 bits per heavy atom. The summed E-state index contributed by atoms with van der Waals surface area (Å²) in [6.45, 7) is 4.38. The SMILES string of the molecule is CCOc1ccc(-n2c(SCC(=O)N/N=C(\C)c3ccncc3)nnc2-c2ccccc2)cc1. The number of nitrogens with zero attached hydrogens (tertiary/aromatic N) is 5. The van der Waals surface area contributed by atoms with Crippen LogP contribution in [0.15, 0.2) is 89.4 Å². The second kappa shape index (κ2) is 11.2. The molecule has 0 fully saturated rings. The number of rotatable bonds is 9. The van der Waals surface area contributed by atoms with Crippen molar-refractivity contribution in [1.29, 1.82) is 0 Å². The predicted octanol–water partition coefficient (Wildman–Crippen LogP) is 4.36. The molecule has 0 unspecified atom stereocenters. The summed E-state index contributed by atoms with van der Waals surface area (Å²) in [6, 6.07) is 21.2. The molecule has 2 aromatic heterocycles. The predicted molar refractivity (Wildman–Crippen MR) is 133 cm³/mol. The first-order valence-electron chi connectivity index (χ1n) is 10.8. The van der Waals surface area contributed by atoms with Crippen molar-refractivity contribution < 1.29 is 9.53 Å². The summed E-state index contributed by atoms with van der Waals surface area (Å²) in [5.74, 6) is 1.38. The van der Waals surface area contributed by atoms with Crippen molar-refractivity contribution in [3.63, 3.8) is 0 Å². The minimum atomic E-state index is -0.235. The van der Waals surface area contributed by atoms with Gasteiger partial charge in [-0.05, 0) is 50.2 Å². The number of pyridine rings is 1. The Kier molecular flexibility index (Phi) is 7.67. The molecule has 0 aliphatic heterocycles. The van der Waals surface area contributed by atoms with Gasteiger partial charge in [0.05, 0.1) is 18.1 Å². The molecule has 0 spiro atoms. The molecule has 0 aliphatic rings. The zero-order valence-corrected chi connectivity index (χ0v) is 19.7. The molecule has 4 rings (SSSR count). The topological polar surface area (TPSA) is 94.3 Å². The maximum Gasteiger partial charge on any atom is 0.250 e. The highest BCUT2D eigenvalue weighted by molar-refractivity contribution is 7.99. The monoisotopic (exact) mass is 472 g/mol. The molecule has 0 bridgehead atoms. The molecule has 172 valence electrons. The van der Waals surface area contributed by atoms with E-state index in [2.05, 4.69) is 25.7 Å². The Morgan fingerprint density at radius 3 is 2.47 bits per heavy atom. The number of hydrogen-bond acceptors (Lipinski definition) is 7. The van der Waals surface area contributed by atoms with Crippen molar-refractivity contribution in [2.45, 2.75) is 19.0 Å². The minimum Gasteiger partial charge on any atom is -0.494 e. The third-order valence-corrected chi connectivity index (χ3v) is 5.78. The maximum atomic E-state index is 12.5. The smallest absolute Gasteiger partial charge is 0.250 e. The zero-order valence-electron chi connectivity index (χ0n) is 18.9. The van der Waals surface area contributed by atoms with Crippen molar-refractivity contribution in [3.05, 3.63) is 84.7 Å². The molecule has 4 aromatic rings. The van der Waals surface area contributed by atoms with Gasteiger partial charge in [0, 0.05) is 29.2 Å². The number of carbonyl (C=O) groups excluding carboxylic acids is 1. The van der Waals surface area contributed by atoms with Crippen LogP contribution in [0.25, 0.3) is 17.1 Å². The van der Waals surface area contributed by atoms with E-state index in [0.29, 0.717) is 23.3 Å². The molecule has 0 radical (unpaired) electrons. The molecular weight excluding hydrogens is 448 g/mol. The molecule has 0 aliphatic carbocycles. The van der Waals surface area contributed by atoms with Crippen molar-refractivity contribution in [2.75, 3.05) is 12.4 Å². The fourth-order valence-corrected chi connectivity index (χ4v) is 3.94. The quantitative estimate of drug-likeness (QED) is 0.221. The highest BCUT2D eigenvalue weighted by Gasteiger charge is 2.17. The van der Waals surface area contributed by atoms with E-state index in [4.69, 9.17) is 4.74 Å². The first kappa shape index (κ1) is 23.2. The largest absolute Gasteiger partial charge is 0.494 e. The van der Waals surface area contributed by atoms with Gasteiger partial charge in [0.2, 0.25) is 0 Å². The summed E-state index contributed by atoms with van der Waals surface area (Å²) < 4.78 is 7.50. The van der Waals surface area contributed by atoms with Crippen LogP contribution >= 0.6 is 11.8 Å². The van der Waals surface area contributed by atoms with Crippen molar-refractivity contribution in [2.24, 2.45) is 5.10 Å². The van der Waals surface area contributed by atoms with Gasteiger partial charge in [0.1, 0.15) is 5.75 Å². The number of aromatic nitrogens is 4. The molecule has 0 atom stereocenters. The molecule has 0 saturated heterocycles. The van der Waals surface area contributed by atoms with Crippen LogP contribution in [0.3, 0.4) is 0 Å². The van der Waals surface area contributed by atoms with Crippen LogP contribution in [0, 0.1) is 0 Å². The Hall–Kier alpha value is -3.98. The van der Waals surface area contributed by atoms with Gasteiger partial charge < -0.3 is 4.74 Å². The standard InChI is InChI=1S/C25H24N6O2S/c1-3-33-22-11-9-21(10-12-22)31-24(20-7-5-4-6-8-20)29-30-25(31)34-17-23(32)28-27-18(2)19-13-15-26-16-14-19/h4-16H,3,17H2,1-2H3,(H,28,32)/b27-18+. The lowest BCUT2D eigenvalue weighted by Gasteiger charge is -2.11.